The average Bonchev–Trinajstić information content (AvgIpc) is 2.70. The fraction of sp³-hybridized carbons (Fsp3) is 0.500. The molecule has 2 aromatic rings. The van der Waals surface area contributed by atoms with Crippen molar-refractivity contribution in [3.63, 3.8) is 0 Å². The molecule has 2 rings (SSSR count). The standard InChI is InChI=1S/C20H27NO7/c1-6-27-20(23)16-12(2)18(28-11-24-3)15-14(25-4)10-13(8-7-9-22)19(26-5)17(15)21-16/h10,22H,6-9,11H2,1-5H3. The van der Waals surface area contributed by atoms with Crippen LogP contribution in [0.2, 0.25) is 0 Å². The highest BCUT2D eigenvalue weighted by atomic mass is 16.7. The lowest BCUT2D eigenvalue weighted by Gasteiger charge is -2.19. The van der Waals surface area contributed by atoms with Gasteiger partial charge in [-0.15, -0.1) is 0 Å². The first kappa shape index (κ1) is 21.7. The zero-order valence-electron chi connectivity index (χ0n) is 17.0. The first-order chi connectivity index (χ1) is 13.5. The molecule has 0 aliphatic rings. The van der Waals surface area contributed by atoms with Crippen LogP contribution in [0.5, 0.6) is 17.2 Å². The molecule has 0 unspecified atom stereocenters. The molecule has 0 atom stereocenters. The first-order valence-corrected chi connectivity index (χ1v) is 9.01. The Balaban J connectivity index is 2.87. The predicted octanol–water partition coefficient (Wildman–Crippen LogP) is 2.64. The summed E-state index contributed by atoms with van der Waals surface area (Å²) in [5.74, 6) is 0.891. The SMILES string of the molecule is CCOC(=O)c1nc2c(OC)c(CCCO)cc(OC)c2c(OCOC)c1C. The van der Waals surface area contributed by atoms with Crippen LogP contribution >= 0.6 is 0 Å². The van der Waals surface area contributed by atoms with E-state index in [0.29, 0.717) is 46.6 Å². The number of hydrogen-bond acceptors (Lipinski definition) is 8. The third-order valence-electron chi connectivity index (χ3n) is 4.26. The van der Waals surface area contributed by atoms with Crippen LogP contribution in [-0.2, 0) is 15.9 Å². The van der Waals surface area contributed by atoms with Crippen molar-refractivity contribution in [1.82, 2.24) is 4.98 Å². The first-order valence-electron chi connectivity index (χ1n) is 9.01. The fourth-order valence-electron chi connectivity index (χ4n) is 3.04. The molecule has 1 aromatic heterocycles. The van der Waals surface area contributed by atoms with Crippen LogP contribution in [0.1, 0.15) is 35.0 Å². The molecule has 28 heavy (non-hydrogen) atoms. The summed E-state index contributed by atoms with van der Waals surface area (Å²) in [6.45, 7) is 3.72. The Morgan fingerprint density at radius 2 is 1.93 bits per heavy atom. The maximum atomic E-state index is 12.5. The van der Waals surface area contributed by atoms with Gasteiger partial charge in [0.15, 0.2) is 12.5 Å². The Labute approximate surface area is 164 Å². The zero-order valence-corrected chi connectivity index (χ0v) is 17.0. The molecule has 0 amide bonds. The lowest BCUT2D eigenvalue weighted by Crippen LogP contribution is -2.13. The molecule has 0 saturated heterocycles. The van der Waals surface area contributed by atoms with Crippen molar-refractivity contribution in [3.8, 4) is 17.2 Å². The van der Waals surface area contributed by atoms with Crippen molar-refractivity contribution in [2.75, 3.05) is 41.3 Å². The van der Waals surface area contributed by atoms with Gasteiger partial charge >= 0.3 is 5.97 Å². The molecule has 154 valence electrons. The van der Waals surface area contributed by atoms with Crippen LogP contribution in [0.15, 0.2) is 6.07 Å². The topological polar surface area (TPSA) is 96.3 Å². The van der Waals surface area contributed by atoms with Gasteiger partial charge in [0.25, 0.3) is 0 Å². The summed E-state index contributed by atoms with van der Waals surface area (Å²) < 4.78 is 27.2. The smallest absolute Gasteiger partial charge is 0.357 e. The molecule has 1 heterocycles. The van der Waals surface area contributed by atoms with Gasteiger partial charge < -0.3 is 28.8 Å². The van der Waals surface area contributed by atoms with Crippen molar-refractivity contribution in [2.24, 2.45) is 0 Å². The normalized spacial score (nSPS) is 10.8. The summed E-state index contributed by atoms with van der Waals surface area (Å²) in [4.78, 5) is 17.0. The number of hydrogen-bond donors (Lipinski definition) is 1. The van der Waals surface area contributed by atoms with Crippen LogP contribution in [-0.4, -0.2) is 57.4 Å². The third kappa shape index (κ3) is 4.28. The second-order valence-corrected chi connectivity index (χ2v) is 6.01. The van der Waals surface area contributed by atoms with Gasteiger partial charge in [0, 0.05) is 24.8 Å². The summed E-state index contributed by atoms with van der Waals surface area (Å²) >= 11 is 0. The summed E-state index contributed by atoms with van der Waals surface area (Å²) in [5, 5.41) is 9.78. The molecular formula is C20H27NO7. The Morgan fingerprint density at radius 3 is 2.50 bits per heavy atom. The van der Waals surface area contributed by atoms with Gasteiger partial charge in [-0.2, -0.15) is 0 Å². The van der Waals surface area contributed by atoms with Crippen molar-refractivity contribution < 1.29 is 33.6 Å². The molecule has 0 fully saturated rings. The van der Waals surface area contributed by atoms with E-state index >= 15 is 0 Å². The molecule has 8 heteroatoms. The van der Waals surface area contributed by atoms with Crippen molar-refractivity contribution in [2.45, 2.75) is 26.7 Å². The van der Waals surface area contributed by atoms with Gasteiger partial charge in [0.2, 0.25) is 0 Å². The second kappa shape index (κ2) is 10.1. The van der Waals surface area contributed by atoms with Crippen LogP contribution in [0, 0.1) is 6.92 Å². The van der Waals surface area contributed by atoms with Gasteiger partial charge in [-0.05, 0) is 32.8 Å². The molecule has 0 aliphatic carbocycles. The lowest BCUT2D eigenvalue weighted by molar-refractivity contribution is 0.0487. The van der Waals surface area contributed by atoms with Gasteiger partial charge in [-0.1, -0.05) is 0 Å². The minimum Gasteiger partial charge on any atom is -0.496 e. The largest absolute Gasteiger partial charge is 0.496 e. The number of carbonyl (C=O) groups excluding carboxylic acids is 1. The number of aliphatic hydroxyl groups excluding tert-OH is 1. The van der Waals surface area contributed by atoms with Crippen molar-refractivity contribution >= 4 is 16.9 Å². The molecular weight excluding hydrogens is 366 g/mol. The molecule has 1 aromatic carbocycles. The quantitative estimate of drug-likeness (QED) is 0.486. The minimum atomic E-state index is -0.550. The van der Waals surface area contributed by atoms with Crippen LogP contribution in [0.3, 0.4) is 0 Å². The Bertz CT molecular complexity index is 835. The Hall–Kier alpha value is -2.58. The zero-order chi connectivity index (χ0) is 20.7. The number of nitrogens with zero attached hydrogens (tertiary/aromatic N) is 1. The number of methoxy groups -OCH3 is 3. The van der Waals surface area contributed by atoms with Crippen LogP contribution in [0.25, 0.3) is 10.9 Å². The van der Waals surface area contributed by atoms with E-state index in [9.17, 15) is 9.90 Å². The van der Waals surface area contributed by atoms with Crippen molar-refractivity contribution in [1.29, 1.82) is 0 Å². The van der Waals surface area contributed by atoms with E-state index in [1.807, 2.05) is 6.07 Å². The van der Waals surface area contributed by atoms with E-state index in [0.717, 1.165) is 5.56 Å². The second-order valence-electron chi connectivity index (χ2n) is 6.01. The highest BCUT2D eigenvalue weighted by molar-refractivity contribution is 6.01. The van der Waals surface area contributed by atoms with Crippen LogP contribution in [0.4, 0.5) is 0 Å². The number of aryl methyl sites for hydroxylation is 1. The summed E-state index contributed by atoms with van der Waals surface area (Å²) in [6, 6.07) is 1.83. The number of aromatic nitrogens is 1. The number of fused-ring (bicyclic) bond motifs is 1. The minimum absolute atomic E-state index is 0.0139. The molecule has 0 radical (unpaired) electrons. The van der Waals surface area contributed by atoms with Gasteiger partial charge in [0.1, 0.15) is 22.8 Å². The molecule has 1 N–H and O–H groups in total. The number of ether oxygens (including phenoxy) is 5. The van der Waals surface area contributed by atoms with Gasteiger partial charge in [-0.3, -0.25) is 0 Å². The molecule has 8 nitrogen and oxygen atoms in total. The lowest BCUT2D eigenvalue weighted by atomic mass is 10.0. The third-order valence-corrected chi connectivity index (χ3v) is 4.26. The van der Waals surface area contributed by atoms with Crippen LogP contribution < -0.4 is 14.2 Å². The van der Waals surface area contributed by atoms with E-state index in [2.05, 4.69) is 4.98 Å². The highest BCUT2D eigenvalue weighted by Gasteiger charge is 2.25. The van der Waals surface area contributed by atoms with Crippen molar-refractivity contribution in [3.05, 3.63) is 22.9 Å². The summed E-state index contributed by atoms with van der Waals surface area (Å²) in [7, 11) is 4.59. The molecule has 0 bridgehead atoms. The maximum Gasteiger partial charge on any atom is 0.357 e. The summed E-state index contributed by atoms with van der Waals surface area (Å²) in [6.07, 6.45) is 1.11. The average molecular weight is 393 g/mol. The fourth-order valence-corrected chi connectivity index (χ4v) is 3.04. The number of carbonyl (C=O) groups is 1. The maximum absolute atomic E-state index is 12.5. The van der Waals surface area contributed by atoms with E-state index in [1.54, 1.807) is 21.0 Å². The predicted molar refractivity (Wildman–Crippen MR) is 103 cm³/mol. The van der Waals surface area contributed by atoms with E-state index in [4.69, 9.17) is 23.7 Å². The monoisotopic (exact) mass is 393 g/mol. The molecule has 0 spiro atoms. The number of aliphatic hydroxyl groups is 1. The number of pyridine rings is 1. The number of rotatable bonds is 10. The molecule has 0 saturated carbocycles. The highest BCUT2D eigenvalue weighted by Crippen LogP contribution is 2.43. The summed E-state index contributed by atoms with van der Waals surface area (Å²) in [5.41, 5.74) is 1.89. The van der Waals surface area contributed by atoms with Gasteiger partial charge in [-0.25, -0.2) is 9.78 Å². The van der Waals surface area contributed by atoms with E-state index in [-0.39, 0.29) is 25.7 Å². The van der Waals surface area contributed by atoms with E-state index < -0.39 is 5.97 Å². The Morgan fingerprint density at radius 1 is 1.18 bits per heavy atom. The van der Waals surface area contributed by atoms with Gasteiger partial charge in [0.05, 0.1) is 26.2 Å². The molecule has 0 aliphatic heterocycles. The van der Waals surface area contributed by atoms with E-state index in [1.165, 1.54) is 14.2 Å². The number of benzene rings is 1. The number of esters is 1. The Kier molecular flexibility index (Phi) is 7.83.